The minimum atomic E-state index is -1.79. The number of unbranched alkanes of at least 4 members (excludes halogenated alkanes) is 42. The Morgan fingerprint density at radius 2 is 0.405 bits per heavy atom. The normalized spacial score (nSPS) is 13.8. The molecule has 0 saturated carbocycles. The highest BCUT2D eigenvalue weighted by atomic mass is 16.4. The van der Waals surface area contributed by atoms with Gasteiger partial charge >= 0.3 is 17.9 Å². The first-order chi connectivity index (χ1) is 40.4. The van der Waals surface area contributed by atoms with Crippen molar-refractivity contribution < 1.29 is 90.4 Å². The number of carboxylic acid groups (broad SMARTS) is 3. The zero-order chi connectivity index (χ0) is 64.1. The van der Waals surface area contributed by atoms with Gasteiger partial charge in [0.05, 0.1) is 13.2 Å². The Morgan fingerprint density at radius 3 is 0.524 bits per heavy atom. The average Bonchev–Trinajstić information content (AvgIpc) is 3.50. The molecular formula is C66H132O18. The maximum absolute atomic E-state index is 10.3. The molecule has 0 rings (SSSR count). The molecule has 0 radical (unpaired) electrons. The molecule has 0 aliphatic carbocycles. The summed E-state index contributed by atoms with van der Waals surface area (Å²) in [4.78, 5) is 50.8. The highest BCUT2D eigenvalue weighted by molar-refractivity contribution is 5.67. The first-order valence-corrected chi connectivity index (χ1v) is 33.6. The maximum atomic E-state index is 10.3. The second kappa shape index (κ2) is 74.6. The second-order valence-electron chi connectivity index (χ2n) is 23.0. The topological polar surface area (TPSA) is 348 Å². The third-order valence-corrected chi connectivity index (χ3v) is 14.8. The lowest BCUT2D eigenvalue weighted by Crippen LogP contribution is -2.46. The lowest BCUT2D eigenvalue weighted by molar-refractivity contribution is -0.138. The molecule has 0 bridgehead atoms. The molecule has 0 spiro atoms. The Bertz CT molecular complexity index is 1210. The van der Waals surface area contributed by atoms with Crippen molar-refractivity contribution in [3.8, 4) is 0 Å². The lowest BCUT2D eigenvalue weighted by atomic mass is 10.0. The van der Waals surface area contributed by atoms with Gasteiger partial charge in [-0.25, -0.2) is 0 Å². The third kappa shape index (κ3) is 75.4. The summed E-state index contributed by atoms with van der Waals surface area (Å²) in [5, 5.41) is 113. The van der Waals surface area contributed by atoms with Crippen LogP contribution in [-0.2, 0) is 24.0 Å². The molecule has 13 N–H and O–H groups in total. The summed E-state index contributed by atoms with van der Waals surface area (Å²) in [5.74, 6) is -1.96. The molecule has 504 valence electrons. The fourth-order valence-electron chi connectivity index (χ4n) is 9.18. The van der Waals surface area contributed by atoms with Crippen LogP contribution in [0.15, 0.2) is 0 Å². The summed E-state index contributed by atoms with van der Waals surface area (Å²) >= 11 is 0. The van der Waals surface area contributed by atoms with Crippen molar-refractivity contribution in [2.75, 3.05) is 13.2 Å². The second-order valence-corrected chi connectivity index (χ2v) is 23.0. The largest absolute Gasteiger partial charge is 0.481 e. The first kappa shape index (κ1) is 90.1. The number of hydrogen-bond acceptors (Lipinski definition) is 15. The van der Waals surface area contributed by atoms with Gasteiger partial charge in [0.15, 0.2) is 12.6 Å². The van der Waals surface area contributed by atoms with Crippen LogP contribution in [0.2, 0.25) is 0 Å². The molecule has 0 aromatic heterocycles. The highest BCUT2D eigenvalue weighted by Crippen LogP contribution is 2.17. The lowest BCUT2D eigenvalue weighted by Gasteiger charge is -2.22. The van der Waals surface area contributed by atoms with Crippen LogP contribution in [-0.4, -0.2) is 159 Å². The Balaban J connectivity index is -0.000000315. The van der Waals surface area contributed by atoms with Crippen LogP contribution in [0, 0.1) is 0 Å². The standard InChI is InChI=1S/3C18H36O2.2C6H12O6/c3*1-2-3-4-5-6-7-8-9-10-11-12-13-14-15-16-17-18(19)20;2*7-1-3(9)5(11)6(12)4(10)2-8/h3*2-17H2,1H3,(H,19,20);2*1,3-6,8-12H,2H2/t;;;2*3-,4+,5+,6+/m...00/s1. The van der Waals surface area contributed by atoms with Crippen LogP contribution in [0.5, 0.6) is 0 Å². The van der Waals surface area contributed by atoms with Crippen LogP contribution in [0.25, 0.3) is 0 Å². The van der Waals surface area contributed by atoms with Crippen molar-refractivity contribution in [3.63, 3.8) is 0 Å². The van der Waals surface area contributed by atoms with E-state index in [4.69, 9.17) is 66.4 Å². The third-order valence-electron chi connectivity index (χ3n) is 14.8. The molecule has 0 amide bonds. The van der Waals surface area contributed by atoms with E-state index >= 15 is 0 Å². The smallest absolute Gasteiger partial charge is 0.303 e. The van der Waals surface area contributed by atoms with E-state index in [1.54, 1.807) is 0 Å². The molecule has 0 fully saturated rings. The van der Waals surface area contributed by atoms with Gasteiger partial charge in [0, 0.05) is 19.3 Å². The van der Waals surface area contributed by atoms with Crippen molar-refractivity contribution in [2.45, 2.75) is 378 Å². The number of carbonyl (C=O) groups excluding carboxylic acids is 2. The van der Waals surface area contributed by atoms with E-state index in [0.29, 0.717) is 19.3 Å². The van der Waals surface area contributed by atoms with Gasteiger partial charge in [-0.15, -0.1) is 0 Å². The fourth-order valence-corrected chi connectivity index (χ4v) is 9.18. The SMILES string of the molecule is CCCCCCCCCCCCCCCCCC(=O)O.CCCCCCCCCCCCCCCCCC(=O)O.CCCCCCCCCCCCCCCCCC(=O)O.O=C[C@H](O)[C@@H](O)[C@H](O)[C@H](O)CO.O=C[C@H](O)[C@@H](O)[C@H](O)[C@H](O)CO. The highest BCUT2D eigenvalue weighted by Gasteiger charge is 2.30. The van der Waals surface area contributed by atoms with Crippen molar-refractivity contribution in [1.82, 2.24) is 0 Å². The van der Waals surface area contributed by atoms with E-state index in [2.05, 4.69) is 20.8 Å². The Hall–Kier alpha value is -2.65. The van der Waals surface area contributed by atoms with Gasteiger partial charge in [-0.2, -0.15) is 0 Å². The van der Waals surface area contributed by atoms with Crippen LogP contribution >= 0.6 is 0 Å². The van der Waals surface area contributed by atoms with Gasteiger partial charge in [-0.05, 0) is 19.3 Å². The minimum absolute atomic E-state index is 0.0258. The Labute approximate surface area is 510 Å². The van der Waals surface area contributed by atoms with E-state index in [9.17, 15) is 24.0 Å². The van der Waals surface area contributed by atoms with Crippen molar-refractivity contribution in [3.05, 3.63) is 0 Å². The van der Waals surface area contributed by atoms with E-state index in [1.807, 2.05) is 0 Å². The number of hydrogen-bond donors (Lipinski definition) is 13. The number of carbonyl (C=O) groups is 5. The summed E-state index contributed by atoms with van der Waals surface area (Å²) in [6, 6.07) is 0. The molecule has 8 atom stereocenters. The van der Waals surface area contributed by atoms with Crippen molar-refractivity contribution >= 4 is 30.5 Å². The number of carboxylic acids is 3. The Morgan fingerprint density at radius 1 is 0.262 bits per heavy atom. The van der Waals surface area contributed by atoms with Crippen LogP contribution in [0.1, 0.15) is 329 Å². The molecule has 0 heterocycles. The Kier molecular flexibility index (Phi) is 80.0. The molecule has 18 heteroatoms. The summed E-state index contributed by atoms with van der Waals surface area (Å²) in [6.07, 6.45) is 46.9. The molecule has 0 unspecified atom stereocenters. The molecule has 84 heavy (non-hydrogen) atoms. The van der Waals surface area contributed by atoms with Crippen LogP contribution in [0.4, 0.5) is 0 Å². The molecule has 0 aromatic rings. The van der Waals surface area contributed by atoms with E-state index in [1.165, 1.54) is 250 Å². The van der Waals surface area contributed by atoms with Gasteiger partial charge in [0.25, 0.3) is 0 Å². The van der Waals surface area contributed by atoms with Crippen LogP contribution in [0.3, 0.4) is 0 Å². The van der Waals surface area contributed by atoms with Crippen molar-refractivity contribution in [2.24, 2.45) is 0 Å². The van der Waals surface area contributed by atoms with E-state index < -0.39 is 80.0 Å². The number of aliphatic hydroxyl groups is 10. The number of aldehydes is 2. The summed E-state index contributed by atoms with van der Waals surface area (Å²) in [7, 11) is 0. The van der Waals surface area contributed by atoms with E-state index in [0.717, 1.165) is 38.5 Å². The maximum Gasteiger partial charge on any atom is 0.303 e. The predicted octanol–water partition coefficient (Wildman–Crippen LogP) is 12.2. The van der Waals surface area contributed by atoms with Gasteiger partial charge in [-0.3, -0.25) is 14.4 Å². The average molecular weight is 1210 g/mol. The van der Waals surface area contributed by atoms with Gasteiger partial charge in [-0.1, -0.05) is 290 Å². The van der Waals surface area contributed by atoms with Gasteiger partial charge in [0.2, 0.25) is 0 Å². The zero-order valence-corrected chi connectivity index (χ0v) is 53.5. The van der Waals surface area contributed by atoms with Crippen LogP contribution < -0.4 is 0 Å². The number of rotatable bonds is 58. The molecule has 18 nitrogen and oxygen atoms in total. The number of aliphatic carboxylic acids is 3. The molecule has 0 saturated heterocycles. The quantitative estimate of drug-likeness (QED) is 0.0199. The molecule has 0 aromatic carbocycles. The first-order valence-electron chi connectivity index (χ1n) is 33.6. The molecule has 0 aliphatic rings. The summed E-state index contributed by atoms with van der Waals surface area (Å²) < 4.78 is 0. The number of aliphatic hydroxyl groups excluding tert-OH is 10. The molecule has 0 aliphatic heterocycles. The molecular weight excluding hydrogens is 1080 g/mol. The fraction of sp³-hybridized carbons (Fsp3) is 0.924. The van der Waals surface area contributed by atoms with Gasteiger partial charge < -0.3 is 76.0 Å². The summed E-state index contributed by atoms with van der Waals surface area (Å²) in [6.45, 7) is 5.29. The minimum Gasteiger partial charge on any atom is -0.481 e. The predicted molar refractivity (Wildman–Crippen MR) is 336 cm³/mol. The monoisotopic (exact) mass is 1210 g/mol. The van der Waals surface area contributed by atoms with Gasteiger partial charge in [0.1, 0.15) is 48.8 Å². The van der Waals surface area contributed by atoms with E-state index in [-0.39, 0.29) is 12.6 Å². The van der Waals surface area contributed by atoms with Crippen molar-refractivity contribution in [1.29, 1.82) is 0 Å². The summed E-state index contributed by atoms with van der Waals surface area (Å²) in [5.41, 5.74) is 0. The zero-order valence-electron chi connectivity index (χ0n) is 53.5.